The van der Waals surface area contributed by atoms with Crippen LogP contribution in [-0.2, 0) is 0 Å². The standard InChI is InChI=1S/C11H20N2O/c1-2-9(7-8-3-4-8)12-11(14)13-10-5-6-10/h8-10H,2-7H2,1H3,(H2,12,13,14). The molecule has 2 saturated carbocycles. The van der Waals surface area contributed by atoms with Gasteiger partial charge in [-0.15, -0.1) is 0 Å². The van der Waals surface area contributed by atoms with Gasteiger partial charge >= 0.3 is 6.03 Å². The maximum absolute atomic E-state index is 11.4. The molecule has 0 radical (unpaired) electrons. The van der Waals surface area contributed by atoms with Crippen molar-refractivity contribution in [2.75, 3.05) is 0 Å². The van der Waals surface area contributed by atoms with Crippen LogP contribution in [0, 0.1) is 5.92 Å². The molecule has 2 aliphatic rings. The predicted octanol–water partition coefficient (Wildman–Crippen LogP) is 2.03. The number of hydrogen-bond donors (Lipinski definition) is 2. The summed E-state index contributed by atoms with van der Waals surface area (Å²) >= 11 is 0. The number of amides is 2. The molecular formula is C11H20N2O. The molecule has 0 aromatic carbocycles. The number of carbonyl (C=O) groups is 1. The Morgan fingerprint density at radius 1 is 1.36 bits per heavy atom. The second-order valence-electron chi connectivity index (χ2n) is 4.68. The van der Waals surface area contributed by atoms with Gasteiger partial charge in [-0.2, -0.15) is 0 Å². The fraction of sp³-hybridized carbons (Fsp3) is 0.909. The van der Waals surface area contributed by atoms with Crippen LogP contribution in [0.15, 0.2) is 0 Å². The SMILES string of the molecule is CCC(CC1CC1)NC(=O)NC1CC1. The van der Waals surface area contributed by atoms with Crippen LogP contribution in [-0.4, -0.2) is 18.1 Å². The summed E-state index contributed by atoms with van der Waals surface area (Å²) < 4.78 is 0. The first kappa shape index (κ1) is 9.81. The van der Waals surface area contributed by atoms with Crippen LogP contribution < -0.4 is 10.6 Å². The molecule has 2 amide bonds. The Labute approximate surface area is 85.6 Å². The first-order chi connectivity index (χ1) is 6.78. The number of carbonyl (C=O) groups excluding carboxylic acids is 1. The van der Waals surface area contributed by atoms with E-state index in [1.165, 1.54) is 19.3 Å². The lowest BCUT2D eigenvalue weighted by molar-refractivity contribution is 0.235. The normalized spacial score (nSPS) is 22.9. The average Bonchev–Trinajstić information content (AvgIpc) is 2.97. The van der Waals surface area contributed by atoms with E-state index in [0.29, 0.717) is 12.1 Å². The minimum absolute atomic E-state index is 0.0417. The second-order valence-corrected chi connectivity index (χ2v) is 4.68. The Bertz CT molecular complexity index is 209. The summed E-state index contributed by atoms with van der Waals surface area (Å²) in [6.07, 6.45) is 7.27. The van der Waals surface area contributed by atoms with Crippen LogP contribution >= 0.6 is 0 Å². The molecule has 0 aromatic heterocycles. The van der Waals surface area contributed by atoms with Crippen LogP contribution in [0.25, 0.3) is 0 Å². The van der Waals surface area contributed by atoms with Gasteiger partial charge in [-0.3, -0.25) is 0 Å². The number of rotatable bonds is 5. The third kappa shape index (κ3) is 3.20. The van der Waals surface area contributed by atoms with E-state index in [0.717, 1.165) is 25.2 Å². The van der Waals surface area contributed by atoms with Gasteiger partial charge in [-0.05, 0) is 31.6 Å². The van der Waals surface area contributed by atoms with Crippen LogP contribution in [0.1, 0.15) is 45.4 Å². The van der Waals surface area contributed by atoms with Gasteiger partial charge in [0.05, 0.1) is 0 Å². The van der Waals surface area contributed by atoms with Crippen molar-refractivity contribution < 1.29 is 4.79 Å². The summed E-state index contributed by atoms with van der Waals surface area (Å²) in [4.78, 5) is 11.4. The Hall–Kier alpha value is -0.730. The van der Waals surface area contributed by atoms with Gasteiger partial charge in [0.1, 0.15) is 0 Å². The van der Waals surface area contributed by atoms with Crippen molar-refractivity contribution in [3.05, 3.63) is 0 Å². The van der Waals surface area contributed by atoms with E-state index in [-0.39, 0.29) is 6.03 Å². The summed E-state index contributed by atoms with van der Waals surface area (Å²) in [7, 11) is 0. The molecule has 1 atom stereocenters. The van der Waals surface area contributed by atoms with Gasteiger partial charge in [0, 0.05) is 12.1 Å². The van der Waals surface area contributed by atoms with Gasteiger partial charge < -0.3 is 10.6 Å². The van der Waals surface area contributed by atoms with Gasteiger partial charge in [-0.1, -0.05) is 19.8 Å². The summed E-state index contributed by atoms with van der Waals surface area (Å²) in [5.41, 5.74) is 0. The third-order valence-electron chi connectivity index (χ3n) is 3.06. The average molecular weight is 196 g/mol. The highest BCUT2D eigenvalue weighted by atomic mass is 16.2. The van der Waals surface area contributed by atoms with Crippen molar-refractivity contribution in [1.82, 2.24) is 10.6 Å². The lowest BCUT2D eigenvalue weighted by Crippen LogP contribution is -2.42. The highest BCUT2D eigenvalue weighted by Gasteiger charge is 2.27. The molecule has 3 nitrogen and oxygen atoms in total. The zero-order valence-corrected chi connectivity index (χ0v) is 8.88. The van der Waals surface area contributed by atoms with Crippen LogP contribution in [0.3, 0.4) is 0 Å². The second kappa shape index (κ2) is 4.20. The summed E-state index contributed by atoms with van der Waals surface area (Å²) in [5.74, 6) is 0.890. The smallest absolute Gasteiger partial charge is 0.315 e. The quantitative estimate of drug-likeness (QED) is 0.694. The van der Waals surface area contributed by atoms with E-state index in [1.807, 2.05) is 0 Å². The lowest BCUT2D eigenvalue weighted by atomic mass is 10.1. The largest absolute Gasteiger partial charge is 0.335 e. The zero-order valence-electron chi connectivity index (χ0n) is 8.88. The molecule has 80 valence electrons. The number of urea groups is 1. The molecule has 0 aromatic rings. The minimum Gasteiger partial charge on any atom is -0.335 e. The van der Waals surface area contributed by atoms with Crippen LogP contribution in [0.4, 0.5) is 4.79 Å². The van der Waals surface area contributed by atoms with Crippen molar-refractivity contribution in [3.63, 3.8) is 0 Å². The molecule has 14 heavy (non-hydrogen) atoms. The van der Waals surface area contributed by atoms with Crippen molar-refractivity contribution in [2.24, 2.45) is 5.92 Å². The van der Waals surface area contributed by atoms with Gasteiger partial charge in [0.25, 0.3) is 0 Å². The fourth-order valence-corrected chi connectivity index (χ4v) is 1.72. The zero-order chi connectivity index (χ0) is 9.97. The summed E-state index contributed by atoms with van der Waals surface area (Å²) in [5, 5.41) is 6.02. The maximum atomic E-state index is 11.4. The first-order valence-electron chi connectivity index (χ1n) is 5.85. The Balaban J connectivity index is 1.65. The molecule has 2 aliphatic carbocycles. The highest BCUT2D eigenvalue weighted by molar-refractivity contribution is 5.74. The molecule has 2 rings (SSSR count). The van der Waals surface area contributed by atoms with Crippen LogP contribution in [0.5, 0.6) is 0 Å². The molecule has 0 aliphatic heterocycles. The number of hydrogen-bond acceptors (Lipinski definition) is 1. The summed E-state index contributed by atoms with van der Waals surface area (Å²) in [6, 6.07) is 0.898. The number of nitrogens with one attached hydrogen (secondary N) is 2. The van der Waals surface area contributed by atoms with E-state index < -0.39 is 0 Å². The fourth-order valence-electron chi connectivity index (χ4n) is 1.72. The Kier molecular flexibility index (Phi) is 2.94. The van der Waals surface area contributed by atoms with Crippen LogP contribution in [0.2, 0.25) is 0 Å². The molecular weight excluding hydrogens is 176 g/mol. The van der Waals surface area contributed by atoms with E-state index in [2.05, 4.69) is 17.6 Å². The van der Waals surface area contributed by atoms with E-state index in [1.54, 1.807) is 0 Å². The molecule has 0 bridgehead atoms. The molecule has 1 unspecified atom stereocenters. The van der Waals surface area contributed by atoms with E-state index in [9.17, 15) is 4.79 Å². The highest BCUT2D eigenvalue weighted by Crippen LogP contribution is 2.34. The molecule has 2 N–H and O–H groups in total. The van der Waals surface area contributed by atoms with Gasteiger partial charge in [-0.25, -0.2) is 4.79 Å². The molecule has 0 heterocycles. The molecule has 3 heteroatoms. The molecule has 0 spiro atoms. The van der Waals surface area contributed by atoms with Crippen molar-refractivity contribution in [1.29, 1.82) is 0 Å². The van der Waals surface area contributed by atoms with Gasteiger partial charge in [0.15, 0.2) is 0 Å². The lowest BCUT2D eigenvalue weighted by Gasteiger charge is -2.16. The van der Waals surface area contributed by atoms with Crippen molar-refractivity contribution in [3.8, 4) is 0 Å². The van der Waals surface area contributed by atoms with E-state index in [4.69, 9.17) is 0 Å². The first-order valence-corrected chi connectivity index (χ1v) is 5.85. The van der Waals surface area contributed by atoms with E-state index >= 15 is 0 Å². The monoisotopic (exact) mass is 196 g/mol. The van der Waals surface area contributed by atoms with Crippen molar-refractivity contribution in [2.45, 2.75) is 57.5 Å². The van der Waals surface area contributed by atoms with Gasteiger partial charge in [0.2, 0.25) is 0 Å². The molecule has 0 saturated heterocycles. The minimum atomic E-state index is 0.0417. The third-order valence-corrected chi connectivity index (χ3v) is 3.06. The topological polar surface area (TPSA) is 41.1 Å². The maximum Gasteiger partial charge on any atom is 0.315 e. The van der Waals surface area contributed by atoms with Crippen molar-refractivity contribution >= 4 is 6.03 Å². The predicted molar refractivity (Wildman–Crippen MR) is 56.1 cm³/mol. The Morgan fingerprint density at radius 3 is 2.57 bits per heavy atom. The Morgan fingerprint density at radius 2 is 2.07 bits per heavy atom. The summed E-state index contributed by atoms with van der Waals surface area (Å²) in [6.45, 7) is 2.14. The molecule has 2 fully saturated rings.